The van der Waals surface area contributed by atoms with E-state index in [1.54, 1.807) is 0 Å². The van der Waals surface area contributed by atoms with Gasteiger partial charge < -0.3 is 10.1 Å². The zero-order chi connectivity index (χ0) is 10.7. The van der Waals surface area contributed by atoms with E-state index in [-0.39, 0.29) is 0 Å². The van der Waals surface area contributed by atoms with Crippen LogP contribution < -0.4 is 5.32 Å². The van der Waals surface area contributed by atoms with Crippen LogP contribution in [0.3, 0.4) is 0 Å². The summed E-state index contributed by atoms with van der Waals surface area (Å²) in [6.45, 7) is 4.39. The molecule has 0 aromatic heterocycles. The normalized spacial score (nSPS) is 38.4. The molecule has 0 aromatic rings. The highest BCUT2D eigenvalue weighted by Gasteiger charge is 2.46. The zero-order valence-electron chi connectivity index (χ0n) is 10.2. The Bertz CT molecular complexity index is 201. The van der Waals surface area contributed by atoms with Crippen molar-refractivity contribution in [1.82, 2.24) is 5.32 Å². The smallest absolute Gasteiger partial charge is 0.0618 e. The average molecular weight is 211 g/mol. The second-order valence-corrected chi connectivity index (χ2v) is 5.36. The number of rotatable bonds is 3. The number of nitrogens with one attached hydrogen (secondary N) is 1. The molecule has 2 heteroatoms. The van der Waals surface area contributed by atoms with Crippen LogP contribution in [0.1, 0.15) is 45.4 Å². The van der Waals surface area contributed by atoms with Crippen molar-refractivity contribution in [3.05, 3.63) is 0 Å². The van der Waals surface area contributed by atoms with Crippen molar-refractivity contribution < 1.29 is 4.74 Å². The van der Waals surface area contributed by atoms with E-state index in [4.69, 9.17) is 4.74 Å². The summed E-state index contributed by atoms with van der Waals surface area (Å²) in [7, 11) is 2.08. The van der Waals surface area contributed by atoms with Gasteiger partial charge in [-0.1, -0.05) is 19.3 Å². The average Bonchev–Trinajstić information content (AvgIpc) is 2.63. The van der Waals surface area contributed by atoms with Crippen molar-refractivity contribution in [1.29, 1.82) is 0 Å². The van der Waals surface area contributed by atoms with Gasteiger partial charge in [0.25, 0.3) is 0 Å². The Kier molecular flexibility index (Phi) is 3.68. The molecule has 0 aromatic carbocycles. The zero-order valence-corrected chi connectivity index (χ0v) is 10.2. The summed E-state index contributed by atoms with van der Waals surface area (Å²) in [6.07, 6.45) is 8.88. The van der Waals surface area contributed by atoms with E-state index in [9.17, 15) is 0 Å². The third-order valence-corrected chi connectivity index (χ3v) is 4.67. The molecule has 2 fully saturated rings. The van der Waals surface area contributed by atoms with Gasteiger partial charge in [0, 0.05) is 18.6 Å². The molecule has 2 rings (SSSR count). The maximum atomic E-state index is 5.83. The number of hydrogen-bond acceptors (Lipinski definition) is 2. The molecule has 1 aliphatic heterocycles. The van der Waals surface area contributed by atoms with E-state index in [2.05, 4.69) is 19.3 Å². The maximum Gasteiger partial charge on any atom is 0.0618 e. The van der Waals surface area contributed by atoms with Crippen molar-refractivity contribution in [2.75, 3.05) is 20.2 Å². The molecule has 2 atom stereocenters. The van der Waals surface area contributed by atoms with E-state index in [0.717, 1.165) is 19.1 Å². The molecule has 1 aliphatic carbocycles. The molecule has 0 radical (unpaired) electrons. The Morgan fingerprint density at radius 3 is 2.53 bits per heavy atom. The molecular weight excluding hydrogens is 186 g/mol. The monoisotopic (exact) mass is 211 g/mol. The van der Waals surface area contributed by atoms with Crippen molar-refractivity contribution in [3.63, 3.8) is 0 Å². The summed E-state index contributed by atoms with van der Waals surface area (Å²) in [5.74, 6) is 0.899. The first-order chi connectivity index (χ1) is 7.29. The number of hydrogen-bond donors (Lipinski definition) is 1. The second kappa shape index (κ2) is 4.84. The van der Waals surface area contributed by atoms with Crippen LogP contribution in [-0.4, -0.2) is 26.3 Å². The fourth-order valence-corrected chi connectivity index (χ4v) is 3.71. The van der Waals surface area contributed by atoms with E-state index >= 15 is 0 Å². The second-order valence-electron chi connectivity index (χ2n) is 5.36. The highest BCUT2D eigenvalue weighted by molar-refractivity contribution is 4.97. The summed E-state index contributed by atoms with van der Waals surface area (Å²) in [6, 6.07) is 0. The summed E-state index contributed by atoms with van der Waals surface area (Å²) in [4.78, 5) is 0. The molecule has 0 bridgehead atoms. The molecular formula is C13H25NO. The minimum absolute atomic E-state index is 0.440. The number of ether oxygens (including phenoxy) is 1. The highest BCUT2D eigenvalue weighted by atomic mass is 16.5. The van der Waals surface area contributed by atoms with Crippen molar-refractivity contribution in [2.24, 2.45) is 11.3 Å². The van der Waals surface area contributed by atoms with E-state index in [1.165, 1.54) is 38.5 Å². The van der Waals surface area contributed by atoms with Crippen LogP contribution in [0.15, 0.2) is 0 Å². The lowest BCUT2D eigenvalue weighted by molar-refractivity contribution is 0.0161. The van der Waals surface area contributed by atoms with Gasteiger partial charge in [0.05, 0.1) is 6.10 Å². The lowest BCUT2D eigenvalue weighted by Crippen LogP contribution is -2.45. The molecule has 2 aliphatic rings. The van der Waals surface area contributed by atoms with Crippen LogP contribution in [-0.2, 0) is 4.74 Å². The highest BCUT2D eigenvalue weighted by Crippen LogP contribution is 2.47. The summed E-state index contributed by atoms with van der Waals surface area (Å²) < 4.78 is 5.83. The van der Waals surface area contributed by atoms with Gasteiger partial charge in [-0.15, -0.1) is 0 Å². The predicted octanol–water partition coefficient (Wildman–Crippen LogP) is 2.58. The van der Waals surface area contributed by atoms with Gasteiger partial charge in [-0.3, -0.25) is 0 Å². The molecule has 88 valence electrons. The molecule has 1 saturated heterocycles. The van der Waals surface area contributed by atoms with Crippen LogP contribution in [0.4, 0.5) is 0 Å². The minimum atomic E-state index is 0.440. The van der Waals surface area contributed by atoms with Crippen LogP contribution >= 0.6 is 0 Å². The van der Waals surface area contributed by atoms with Gasteiger partial charge in [0.15, 0.2) is 0 Å². The Morgan fingerprint density at radius 1 is 1.27 bits per heavy atom. The van der Waals surface area contributed by atoms with Crippen molar-refractivity contribution >= 4 is 0 Å². The molecule has 1 N–H and O–H groups in total. The first kappa shape index (κ1) is 11.4. The van der Waals surface area contributed by atoms with Crippen LogP contribution in [0.25, 0.3) is 0 Å². The SMILES string of the molecule is CNCC1(C2CCCCC2)CCOC1C. The Hall–Kier alpha value is -0.0800. The van der Waals surface area contributed by atoms with Gasteiger partial charge in [-0.2, -0.15) is 0 Å². The lowest BCUT2D eigenvalue weighted by Gasteiger charge is -2.42. The molecule has 0 spiro atoms. The standard InChI is InChI=1S/C13H25NO/c1-11-13(10-14-2,8-9-15-11)12-6-4-3-5-7-12/h11-12,14H,3-10H2,1-2H3. The summed E-state index contributed by atoms with van der Waals surface area (Å²) >= 11 is 0. The molecule has 2 unspecified atom stereocenters. The van der Waals surface area contributed by atoms with Crippen molar-refractivity contribution in [2.45, 2.75) is 51.6 Å². The topological polar surface area (TPSA) is 21.3 Å². The molecule has 0 amide bonds. The van der Waals surface area contributed by atoms with Gasteiger partial charge in [-0.25, -0.2) is 0 Å². The van der Waals surface area contributed by atoms with Crippen LogP contribution in [0.2, 0.25) is 0 Å². The lowest BCUT2D eigenvalue weighted by atomic mass is 9.65. The first-order valence-corrected chi connectivity index (χ1v) is 6.56. The van der Waals surface area contributed by atoms with Crippen molar-refractivity contribution in [3.8, 4) is 0 Å². The van der Waals surface area contributed by atoms with Gasteiger partial charge >= 0.3 is 0 Å². The third kappa shape index (κ3) is 2.07. The minimum Gasteiger partial charge on any atom is -0.378 e. The maximum absolute atomic E-state index is 5.83. The van der Waals surface area contributed by atoms with E-state index < -0.39 is 0 Å². The van der Waals surface area contributed by atoms with E-state index in [1.807, 2.05) is 0 Å². The molecule has 1 heterocycles. The van der Waals surface area contributed by atoms with Gasteiger partial charge in [-0.05, 0) is 39.2 Å². The Balaban J connectivity index is 2.09. The van der Waals surface area contributed by atoms with Gasteiger partial charge in [0.1, 0.15) is 0 Å². The summed E-state index contributed by atoms with van der Waals surface area (Å²) in [5.41, 5.74) is 0.440. The molecule has 2 nitrogen and oxygen atoms in total. The molecule has 15 heavy (non-hydrogen) atoms. The third-order valence-electron chi connectivity index (χ3n) is 4.67. The summed E-state index contributed by atoms with van der Waals surface area (Å²) in [5, 5.41) is 3.40. The quantitative estimate of drug-likeness (QED) is 0.774. The van der Waals surface area contributed by atoms with E-state index in [0.29, 0.717) is 11.5 Å². The first-order valence-electron chi connectivity index (χ1n) is 6.56. The van der Waals surface area contributed by atoms with Gasteiger partial charge in [0.2, 0.25) is 0 Å². The fraction of sp³-hybridized carbons (Fsp3) is 1.00. The van der Waals surface area contributed by atoms with Crippen LogP contribution in [0, 0.1) is 11.3 Å². The predicted molar refractivity (Wildman–Crippen MR) is 63.0 cm³/mol. The Morgan fingerprint density at radius 2 is 2.00 bits per heavy atom. The fourth-order valence-electron chi connectivity index (χ4n) is 3.71. The molecule has 1 saturated carbocycles. The van der Waals surface area contributed by atoms with Crippen LogP contribution in [0.5, 0.6) is 0 Å². The Labute approximate surface area is 93.8 Å². The largest absolute Gasteiger partial charge is 0.378 e.